The molecule has 1 rings (SSSR count). The van der Waals surface area contributed by atoms with Crippen molar-refractivity contribution >= 4 is 5.97 Å². The molecule has 2 atom stereocenters. The second kappa shape index (κ2) is 7.34. The van der Waals surface area contributed by atoms with E-state index in [1.54, 1.807) is 0 Å². The molecule has 0 aliphatic rings. The summed E-state index contributed by atoms with van der Waals surface area (Å²) in [6.07, 6.45) is 1.71. The number of ether oxygens (including phenoxy) is 1. The summed E-state index contributed by atoms with van der Waals surface area (Å²) in [4.78, 5) is 11.9. The summed E-state index contributed by atoms with van der Waals surface area (Å²) in [6.45, 7) is 10.2. The van der Waals surface area contributed by atoms with Gasteiger partial charge in [0.1, 0.15) is 17.6 Å². The molecule has 0 bridgehead atoms. The van der Waals surface area contributed by atoms with Crippen LogP contribution in [0.1, 0.15) is 56.7 Å². The highest BCUT2D eigenvalue weighted by molar-refractivity contribution is 5.75. The Morgan fingerprint density at radius 2 is 2.11 bits per heavy atom. The number of carbonyl (C=O) groups is 1. The molecule has 1 N–H and O–H groups in total. The van der Waals surface area contributed by atoms with Crippen LogP contribution >= 0.6 is 0 Å². The van der Waals surface area contributed by atoms with E-state index in [0.717, 1.165) is 29.9 Å². The van der Waals surface area contributed by atoms with Gasteiger partial charge in [0.2, 0.25) is 0 Å². The standard InChI is InChI=1S/C15H25NO3/c1-6-8-14(15(17)18-7-2)16-11(4)13-9-10(3)19-12(13)5/h9,11,14,16H,6-8H2,1-5H3. The third-order valence-corrected chi connectivity index (χ3v) is 3.15. The Morgan fingerprint density at radius 3 is 2.58 bits per heavy atom. The Kier molecular flexibility index (Phi) is 6.09. The maximum Gasteiger partial charge on any atom is 0.323 e. The van der Waals surface area contributed by atoms with Crippen molar-refractivity contribution in [1.29, 1.82) is 0 Å². The van der Waals surface area contributed by atoms with Gasteiger partial charge < -0.3 is 9.15 Å². The van der Waals surface area contributed by atoms with E-state index in [-0.39, 0.29) is 18.1 Å². The van der Waals surface area contributed by atoms with Crippen LogP contribution in [0.15, 0.2) is 10.5 Å². The second-order valence-corrected chi connectivity index (χ2v) is 4.85. The zero-order valence-corrected chi connectivity index (χ0v) is 12.6. The number of esters is 1. The van der Waals surface area contributed by atoms with Crippen LogP contribution in [-0.4, -0.2) is 18.6 Å². The quantitative estimate of drug-likeness (QED) is 0.770. The number of rotatable bonds is 7. The zero-order chi connectivity index (χ0) is 14.4. The van der Waals surface area contributed by atoms with Gasteiger partial charge in [-0.2, -0.15) is 0 Å². The SMILES string of the molecule is CCCC(NC(C)c1cc(C)oc1C)C(=O)OCC. The summed E-state index contributed by atoms with van der Waals surface area (Å²) in [5.74, 6) is 1.62. The molecule has 0 saturated heterocycles. The van der Waals surface area contributed by atoms with Crippen LogP contribution in [0.25, 0.3) is 0 Å². The van der Waals surface area contributed by atoms with Gasteiger partial charge in [0.15, 0.2) is 0 Å². The third kappa shape index (κ3) is 4.39. The first-order valence-electron chi connectivity index (χ1n) is 6.99. The average molecular weight is 267 g/mol. The molecule has 1 aromatic rings. The van der Waals surface area contributed by atoms with E-state index in [9.17, 15) is 4.79 Å². The Labute approximate surface area is 115 Å². The normalized spacial score (nSPS) is 14.2. The molecule has 0 fully saturated rings. The summed E-state index contributed by atoms with van der Waals surface area (Å²) < 4.78 is 10.6. The molecular weight excluding hydrogens is 242 g/mol. The molecule has 0 aliphatic carbocycles. The van der Waals surface area contributed by atoms with Gasteiger partial charge in [0.25, 0.3) is 0 Å². The van der Waals surface area contributed by atoms with Crippen LogP contribution in [-0.2, 0) is 9.53 Å². The highest BCUT2D eigenvalue weighted by Crippen LogP contribution is 2.22. The topological polar surface area (TPSA) is 51.5 Å². The molecule has 4 heteroatoms. The molecule has 0 saturated carbocycles. The molecule has 0 spiro atoms. The molecule has 19 heavy (non-hydrogen) atoms. The van der Waals surface area contributed by atoms with E-state index in [0.29, 0.717) is 6.61 Å². The zero-order valence-electron chi connectivity index (χ0n) is 12.6. The Balaban J connectivity index is 2.73. The fourth-order valence-corrected chi connectivity index (χ4v) is 2.27. The maximum absolute atomic E-state index is 11.9. The minimum Gasteiger partial charge on any atom is -0.466 e. The number of hydrogen-bond acceptors (Lipinski definition) is 4. The molecule has 108 valence electrons. The number of carbonyl (C=O) groups excluding carboxylic acids is 1. The number of furan rings is 1. The number of aryl methyl sites for hydroxylation is 2. The van der Waals surface area contributed by atoms with E-state index in [1.165, 1.54) is 0 Å². The molecule has 1 aromatic heterocycles. The van der Waals surface area contributed by atoms with Crippen LogP contribution in [0, 0.1) is 13.8 Å². The fraction of sp³-hybridized carbons (Fsp3) is 0.667. The Hall–Kier alpha value is -1.29. The highest BCUT2D eigenvalue weighted by atomic mass is 16.5. The highest BCUT2D eigenvalue weighted by Gasteiger charge is 2.22. The van der Waals surface area contributed by atoms with Gasteiger partial charge in [0, 0.05) is 11.6 Å². The Bertz CT molecular complexity index is 412. The van der Waals surface area contributed by atoms with Gasteiger partial charge in [-0.1, -0.05) is 13.3 Å². The van der Waals surface area contributed by atoms with E-state index in [2.05, 4.69) is 12.2 Å². The fourth-order valence-electron chi connectivity index (χ4n) is 2.27. The van der Waals surface area contributed by atoms with Crippen molar-refractivity contribution in [3.63, 3.8) is 0 Å². The summed E-state index contributed by atoms with van der Waals surface area (Å²) in [5, 5.41) is 3.34. The lowest BCUT2D eigenvalue weighted by molar-refractivity contribution is -0.146. The summed E-state index contributed by atoms with van der Waals surface area (Å²) in [6, 6.07) is 1.83. The molecule has 0 radical (unpaired) electrons. The molecule has 4 nitrogen and oxygen atoms in total. The van der Waals surface area contributed by atoms with Crippen LogP contribution in [0.3, 0.4) is 0 Å². The van der Waals surface area contributed by atoms with Crippen molar-refractivity contribution in [2.24, 2.45) is 0 Å². The van der Waals surface area contributed by atoms with E-state index in [4.69, 9.17) is 9.15 Å². The number of nitrogens with one attached hydrogen (secondary N) is 1. The lowest BCUT2D eigenvalue weighted by Crippen LogP contribution is -2.39. The number of hydrogen-bond donors (Lipinski definition) is 1. The summed E-state index contributed by atoms with van der Waals surface area (Å²) in [7, 11) is 0. The smallest absolute Gasteiger partial charge is 0.323 e. The van der Waals surface area contributed by atoms with Gasteiger partial charge in [0.05, 0.1) is 6.61 Å². The van der Waals surface area contributed by atoms with Crippen LogP contribution in [0.5, 0.6) is 0 Å². The van der Waals surface area contributed by atoms with Crippen molar-refractivity contribution in [3.8, 4) is 0 Å². The van der Waals surface area contributed by atoms with Crippen LogP contribution in [0.4, 0.5) is 0 Å². The average Bonchev–Trinajstić information content (AvgIpc) is 2.68. The van der Waals surface area contributed by atoms with E-state index >= 15 is 0 Å². The van der Waals surface area contributed by atoms with E-state index < -0.39 is 0 Å². The lowest BCUT2D eigenvalue weighted by Gasteiger charge is -2.21. The lowest BCUT2D eigenvalue weighted by atomic mass is 10.1. The van der Waals surface area contributed by atoms with E-state index in [1.807, 2.05) is 33.8 Å². The summed E-state index contributed by atoms with van der Waals surface area (Å²) >= 11 is 0. The van der Waals surface area contributed by atoms with Crippen molar-refractivity contribution < 1.29 is 13.9 Å². The minimum absolute atomic E-state index is 0.0680. The molecular formula is C15H25NO3. The van der Waals surface area contributed by atoms with Gasteiger partial charge in [-0.25, -0.2) is 0 Å². The minimum atomic E-state index is -0.255. The third-order valence-electron chi connectivity index (χ3n) is 3.15. The first-order valence-corrected chi connectivity index (χ1v) is 6.99. The first-order chi connectivity index (χ1) is 8.99. The molecule has 0 amide bonds. The first kappa shape index (κ1) is 15.8. The van der Waals surface area contributed by atoms with Crippen molar-refractivity contribution in [2.45, 2.75) is 59.5 Å². The molecule has 1 heterocycles. The van der Waals surface area contributed by atoms with Gasteiger partial charge in [-0.3, -0.25) is 10.1 Å². The summed E-state index contributed by atoms with van der Waals surface area (Å²) in [5.41, 5.74) is 1.10. The largest absolute Gasteiger partial charge is 0.466 e. The van der Waals surface area contributed by atoms with Crippen LogP contribution < -0.4 is 5.32 Å². The monoisotopic (exact) mass is 267 g/mol. The van der Waals surface area contributed by atoms with Crippen molar-refractivity contribution in [2.75, 3.05) is 6.61 Å². The predicted octanol–water partition coefficient (Wildman–Crippen LogP) is 3.28. The maximum atomic E-state index is 11.9. The molecule has 0 aromatic carbocycles. The molecule has 2 unspecified atom stereocenters. The molecule has 0 aliphatic heterocycles. The van der Waals surface area contributed by atoms with Crippen LogP contribution in [0.2, 0.25) is 0 Å². The van der Waals surface area contributed by atoms with Crippen molar-refractivity contribution in [1.82, 2.24) is 5.32 Å². The predicted molar refractivity (Wildman–Crippen MR) is 75.1 cm³/mol. The van der Waals surface area contributed by atoms with Crippen molar-refractivity contribution in [3.05, 3.63) is 23.2 Å². The Morgan fingerprint density at radius 1 is 1.42 bits per heavy atom. The second-order valence-electron chi connectivity index (χ2n) is 4.85. The van der Waals surface area contributed by atoms with Gasteiger partial charge >= 0.3 is 5.97 Å². The van der Waals surface area contributed by atoms with Gasteiger partial charge in [-0.15, -0.1) is 0 Å². The van der Waals surface area contributed by atoms with Gasteiger partial charge in [-0.05, 0) is 40.2 Å².